The first-order valence-electron chi connectivity index (χ1n) is 10.1. The molecule has 0 saturated carbocycles. The summed E-state index contributed by atoms with van der Waals surface area (Å²) in [4.78, 5) is 0.198. The summed E-state index contributed by atoms with van der Waals surface area (Å²) in [6.07, 6.45) is 1.75. The summed E-state index contributed by atoms with van der Waals surface area (Å²) in [6.45, 7) is 10.9. The lowest BCUT2D eigenvalue weighted by Crippen LogP contribution is -2.25. The number of aromatic nitrogens is 3. The molecule has 0 aliphatic heterocycles. The Hall–Kier alpha value is -1.94. The van der Waals surface area contributed by atoms with Gasteiger partial charge in [0, 0.05) is 16.8 Å². The van der Waals surface area contributed by atoms with E-state index in [0.717, 1.165) is 15.4 Å². The second kappa shape index (κ2) is 10.3. The van der Waals surface area contributed by atoms with Crippen molar-refractivity contribution in [1.29, 1.82) is 0 Å². The summed E-state index contributed by atoms with van der Waals surface area (Å²) < 4.78 is 30.5. The fourth-order valence-corrected chi connectivity index (χ4v) is 5.14. The topological polar surface area (TPSA) is 76.9 Å². The number of hydrogen-bond acceptors (Lipinski definition) is 5. The van der Waals surface area contributed by atoms with Gasteiger partial charge in [-0.2, -0.15) is 0 Å². The highest BCUT2D eigenvalue weighted by molar-refractivity contribution is 9.10. The molecule has 3 rings (SSSR count). The van der Waals surface area contributed by atoms with Crippen LogP contribution in [0.15, 0.2) is 75.7 Å². The molecule has 170 valence electrons. The van der Waals surface area contributed by atoms with E-state index in [1.807, 2.05) is 4.57 Å². The van der Waals surface area contributed by atoms with Crippen molar-refractivity contribution in [2.24, 2.45) is 0 Å². The van der Waals surface area contributed by atoms with Crippen molar-refractivity contribution >= 4 is 37.7 Å². The standard InChI is InChI=1S/C23H27BrN4O2S2/c1-5-14-28-21(15-25-32(29,30)20-12-10-19(24)11-13-20)26-27-22(28)31-16-17-6-8-18(9-7-17)23(2,3)4/h5-13,25H,1,14-16H2,2-4H3. The SMILES string of the molecule is C=CCn1c(CNS(=O)(=O)c2ccc(Br)cc2)nnc1SCc1ccc(C(C)(C)C)cc1. The highest BCUT2D eigenvalue weighted by atomic mass is 79.9. The summed E-state index contributed by atoms with van der Waals surface area (Å²) >= 11 is 4.88. The van der Waals surface area contributed by atoms with Gasteiger partial charge in [-0.1, -0.05) is 78.8 Å². The third-order valence-corrected chi connectivity index (χ3v) is 7.82. The van der Waals surface area contributed by atoms with Gasteiger partial charge >= 0.3 is 0 Å². The molecule has 2 aromatic carbocycles. The molecule has 0 bridgehead atoms. The van der Waals surface area contributed by atoms with Crippen LogP contribution in [0.25, 0.3) is 0 Å². The molecule has 0 spiro atoms. The van der Waals surface area contributed by atoms with Crippen molar-refractivity contribution in [1.82, 2.24) is 19.5 Å². The highest BCUT2D eigenvalue weighted by Crippen LogP contribution is 2.26. The molecule has 0 radical (unpaired) electrons. The number of sulfonamides is 1. The lowest BCUT2D eigenvalue weighted by Gasteiger charge is -2.19. The average Bonchev–Trinajstić information content (AvgIpc) is 3.13. The van der Waals surface area contributed by atoms with Gasteiger partial charge in [0.05, 0.1) is 11.4 Å². The molecule has 0 unspecified atom stereocenters. The molecule has 1 aromatic heterocycles. The minimum Gasteiger partial charge on any atom is -0.301 e. The summed E-state index contributed by atoms with van der Waals surface area (Å²) in [7, 11) is -3.65. The fourth-order valence-electron chi connectivity index (χ4n) is 2.97. The Morgan fingerprint density at radius 1 is 1.09 bits per heavy atom. The molecule has 6 nitrogen and oxygen atoms in total. The van der Waals surface area contributed by atoms with E-state index >= 15 is 0 Å². The zero-order valence-electron chi connectivity index (χ0n) is 18.4. The Labute approximate surface area is 202 Å². The highest BCUT2D eigenvalue weighted by Gasteiger charge is 2.18. The molecule has 1 heterocycles. The number of benzene rings is 2. The van der Waals surface area contributed by atoms with Gasteiger partial charge in [0.2, 0.25) is 10.0 Å². The number of thioether (sulfide) groups is 1. The van der Waals surface area contributed by atoms with E-state index in [-0.39, 0.29) is 16.9 Å². The van der Waals surface area contributed by atoms with Crippen molar-refractivity contribution < 1.29 is 8.42 Å². The van der Waals surface area contributed by atoms with Gasteiger partial charge < -0.3 is 4.57 Å². The van der Waals surface area contributed by atoms with Crippen molar-refractivity contribution in [3.8, 4) is 0 Å². The van der Waals surface area contributed by atoms with E-state index < -0.39 is 10.0 Å². The summed E-state index contributed by atoms with van der Waals surface area (Å²) in [6, 6.07) is 15.1. The number of nitrogens with one attached hydrogen (secondary N) is 1. The smallest absolute Gasteiger partial charge is 0.240 e. The molecule has 0 aliphatic carbocycles. The zero-order chi connectivity index (χ0) is 23.4. The molecule has 0 amide bonds. The van der Waals surface area contributed by atoms with Gasteiger partial charge in [-0.3, -0.25) is 0 Å². The Bertz CT molecular complexity index is 1170. The molecular weight excluding hydrogens is 508 g/mol. The number of allylic oxidation sites excluding steroid dienone is 1. The minimum absolute atomic E-state index is 0.0417. The van der Waals surface area contributed by atoms with Crippen LogP contribution in [-0.2, 0) is 34.3 Å². The van der Waals surface area contributed by atoms with E-state index in [2.05, 4.69) is 82.5 Å². The molecule has 32 heavy (non-hydrogen) atoms. The van der Waals surface area contributed by atoms with Crippen LogP contribution in [0.4, 0.5) is 0 Å². The largest absolute Gasteiger partial charge is 0.301 e. The van der Waals surface area contributed by atoms with E-state index in [4.69, 9.17) is 0 Å². The van der Waals surface area contributed by atoms with Crippen molar-refractivity contribution in [2.45, 2.75) is 55.1 Å². The monoisotopic (exact) mass is 534 g/mol. The lowest BCUT2D eigenvalue weighted by molar-refractivity contribution is 0.574. The van der Waals surface area contributed by atoms with Gasteiger partial charge in [0.15, 0.2) is 5.16 Å². The maximum Gasteiger partial charge on any atom is 0.240 e. The van der Waals surface area contributed by atoms with E-state index in [0.29, 0.717) is 12.4 Å². The van der Waals surface area contributed by atoms with Gasteiger partial charge in [-0.05, 0) is 40.8 Å². The van der Waals surface area contributed by atoms with E-state index in [9.17, 15) is 8.42 Å². The van der Waals surface area contributed by atoms with E-state index in [1.165, 1.54) is 11.1 Å². The van der Waals surface area contributed by atoms with Crippen molar-refractivity contribution in [3.63, 3.8) is 0 Å². The lowest BCUT2D eigenvalue weighted by atomic mass is 9.87. The zero-order valence-corrected chi connectivity index (χ0v) is 21.6. The molecule has 0 saturated heterocycles. The summed E-state index contributed by atoms with van der Waals surface area (Å²) in [5.74, 6) is 1.28. The first kappa shape index (κ1) is 24.7. The molecular formula is C23H27BrN4O2S2. The van der Waals surface area contributed by atoms with Gasteiger partial charge in [0.1, 0.15) is 5.82 Å². The second-order valence-corrected chi connectivity index (χ2v) is 11.9. The van der Waals surface area contributed by atoms with E-state index in [1.54, 1.807) is 42.1 Å². The summed E-state index contributed by atoms with van der Waals surface area (Å²) in [5.41, 5.74) is 2.60. The maximum atomic E-state index is 12.6. The van der Waals surface area contributed by atoms with Crippen LogP contribution in [0.5, 0.6) is 0 Å². The molecule has 0 aliphatic rings. The molecule has 1 N–H and O–H groups in total. The molecule has 0 fully saturated rings. The third-order valence-electron chi connectivity index (χ3n) is 4.84. The van der Waals surface area contributed by atoms with Crippen LogP contribution in [0.2, 0.25) is 0 Å². The van der Waals surface area contributed by atoms with Crippen LogP contribution < -0.4 is 4.72 Å². The second-order valence-electron chi connectivity index (χ2n) is 8.31. The van der Waals surface area contributed by atoms with Crippen LogP contribution in [0.3, 0.4) is 0 Å². The number of hydrogen-bond donors (Lipinski definition) is 1. The number of nitrogens with zero attached hydrogens (tertiary/aromatic N) is 3. The van der Waals surface area contributed by atoms with Crippen LogP contribution >= 0.6 is 27.7 Å². The Morgan fingerprint density at radius 2 is 1.75 bits per heavy atom. The van der Waals surface area contributed by atoms with Gasteiger partial charge in [-0.25, -0.2) is 13.1 Å². The van der Waals surface area contributed by atoms with Gasteiger partial charge in [0.25, 0.3) is 0 Å². The number of halogens is 1. The normalized spacial score (nSPS) is 12.1. The molecule has 3 aromatic rings. The maximum absolute atomic E-state index is 12.6. The van der Waals surface area contributed by atoms with Crippen molar-refractivity contribution in [3.05, 3.63) is 82.6 Å². The summed E-state index contributed by atoms with van der Waals surface area (Å²) in [5, 5.41) is 9.22. The average molecular weight is 536 g/mol. The van der Waals surface area contributed by atoms with Crippen LogP contribution in [0.1, 0.15) is 37.7 Å². The Kier molecular flexibility index (Phi) is 7.97. The predicted molar refractivity (Wildman–Crippen MR) is 133 cm³/mol. The van der Waals surface area contributed by atoms with Crippen LogP contribution in [-0.4, -0.2) is 23.2 Å². The first-order valence-corrected chi connectivity index (χ1v) is 13.4. The first-order chi connectivity index (χ1) is 15.1. The third kappa shape index (κ3) is 6.31. The number of rotatable bonds is 9. The predicted octanol–water partition coefficient (Wildman–Crippen LogP) is 5.29. The quantitative estimate of drug-likeness (QED) is 0.298. The minimum atomic E-state index is -3.65. The van der Waals surface area contributed by atoms with Crippen molar-refractivity contribution in [2.75, 3.05) is 0 Å². The van der Waals surface area contributed by atoms with Crippen LogP contribution in [0, 0.1) is 0 Å². The molecule has 9 heteroatoms. The molecule has 0 atom stereocenters. The Balaban J connectivity index is 1.69. The Morgan fingerprint density at radius 3 is 2.34 bits per heavy atom. The fraction of sp³-hybridized carbons (Fsp3) is 0.304. The van der Waals surface area contributed by atoms with Gasteiger partial charge in [-0.15, -0.1) is 16.8 Å².